The van der Waals surface area contributed by atoms with Gasteiger partial charge < -0.3 is 14.7 Å². The van der Waals surface area contributed by atoms with Crippen molar-refractivity contribution in [2.45, 2.75) is 32.2 Å². The second-order valence-corrected chi connectivity index (χ2v) is 4.90. The summed E-state index contributed by atoms with van der Waals surface area (Å²) in [6.07, 6.45) is 2.12. The molecule has 0 unspecified atom stereocenters. The predicted octanol–water partition coefficient (Wildman–Crippen LogP) is 1.49. The molecule has 0 aliphatic heterocycles. The number of carbonyl (C=O) groups is 2. The third kappa shape index (κ3) is 3.98. The first kappa shape index (κ1) is 14.4. The van der Waals surface area contributed by atoms with E-state index in [1.54, 1.807) is 36.1 Å². The van der Waals surface area contributed by atoms with Crippen molar-refractivity contribution in [3.05, 3.63) is 29.8 Å². The minimum absolute atomic E-state index is 0.0232. The van der Waals surface area contributed by atoms with Crippen molar-refractivity contribution in [3.8, 4) is 5.75 Å². The van der Waals surface area contributed by atoms with Crippen molar-refractivity contribution >= 4 is 11.9 Å². The minimum Gasteiger partial charge on any atom is -0.508 e. The number of esters is 1. The average Bonchev–Trinajstić information content (AvgIpc) is 3.23. The van der Waals surface area contributed by atoms with Crippen molar-refractivity contribution in [2.24, 2.45) is 0 Å². The summed E-state index contributed by atoms with van der Waals surface area (Å²) < 4.78 is 4.90. The Morgan fingerprint density at radius 1 is 1.30 bits per heavy atom. The molecular weight excluding hydrogens is 258 g/mol. The first-order valence-electron chi connectivity index (χ1n) is 6.83. The van der Waals surface area contributed by atoms with Crippen LogP contribution in [0.4, 0.5) is 0 Å². The van der Waals surface area contributed by atoms with E-state index in [1.165, 1.54) is 0 Å². The summed E-state index contributed by atoms with van der Waals surface area (Å²) in [5.41, 5.74) is 0.822. The highest BCUT2D eigenvalue weighted by Gasteiger charge is 2.33. The normalized spacial score (nSPS) is 13.8. The standard InChI is InChI=1S/C15H19NO4/c1-2-20-15(19)10-16(12-5-6-12)14(18)9-11-3-7-13(17)8-4-11/h3-4,7-8,12,17H,2,5-6,9-10H2,1H3. The lowest BCUT2D eigenvalue weighted by atomic mass is 10.1. The van der Waals surface area contributed by atoms with E-state index in [9.17, 15) is 14.7 Å². The summed E-state index contributed by atoms with van der Waals surface area (Å²) in [4.78, 5) is 25.4. The number of hydrogen-bond donors (Lipinski definition) is 1. The Hall–Kier alpha value is -2.04. The van der Waals surface area contributed by atoms with Gasteiger partial charge in [0, 0.05) is 6.04 Å². The van der Waals surface area contributed by atoms with E-state index in [2.05, 4.69) is 0 Å². The van der Waals surface area contributed by atoms with Gasteiger partial charge in [0.1, 0.15) is 12.3 Å². The highest BCUT2D eigenvalue weighted by atomic mass is 16.5. The van der Waals surface area contributed by atoms with Gasteiger partial charge in [-0.25, -0.2) is 0 Å². The van der Waals surface area contributed by atoms with E-state index in [0.717, 1.165) is 18.4 Å². The van der Waals surface area contributed by atoms with Crippen molar-refractivity contribution < 1.29 is 19.4 Å². The summed E-state index contributed by atoms with van der Waals surface area (Å²) in [7, 11) is 0. The summed E-state index contributed by atoms with van der Waals surface area (Å²) in [5, 5.41) is 9.22. The van der Waals surface area contributed by atoms with Gasteiger partial charge in [-0.3, -0.25) is 9.59 Å². The molecule has 0 heterocycles. The Balaban J connectivity index is 1.96. The van der Waals surface area contributed by atoms with E-state index >= 15 is 0 Å². The van der Waals surface area contributed by atoms with Crippen LogP contribution in [0.3, 0.4) is 0 Å². The molecule has 0 spiro atoms. The molecule has 20 heavy (non-hydrogen) atoms. The van der Waals surface area contributed by atoms with Crippen LogP contribution in [0, 0.1) is 0 Å². The van der Waals surface area contributed by atoms with Crippen LogP contribution in [-0.4, -0.2) is 41.1 Å². The van der Waals surface area contributed by atoms with Crippen LogP contribution in [-0.2, 0) is 20.7 Å². The van der Waals surface area contributed by atoms with Gasteiger partial charge in [-0.05, 0) is 37.5 Å². The molecule has 0 radical (unpaired) electrons. The largest absolute Gasteiger partial charge is 0.508 e. The van der Waals surface area contributed by atoms with E-state index in [4.69, 9.17) is 4.74 Å². The third-order valence-corrected chi connectivity index (χ3v) is 3.20. The fraction of sp³-hybridized carbons (Fsp3) is 0.467. The molecule has 108 valence electrons. The molecule has 1 amide bonds. The lowest BCUT2D eigenvalue weighted by molar-refractivity contribution is -0.149. The number of carbonyl (C=O) groups excluding carboxylic acids is 2. The molecule has 5 heteroatoms. The SMILES string of the molecule is CCOC(=O)CN(C(=O)Cc1ccc(O)cc1)C1CC1. The molecule has 1 aliphatic carbocycles. The molecular formula is C15H19NO4. The number of phenolic OH excluding ortho intramolecular Hbond substituents is 1. The van der Waals surface area contributed by atoms with Crippen LogP contribution in [0.25, 0.3) is 0 Å². The quantitative estimate of drug-likeness (QED) is 0.800. The molecule has 2 rings (SSSR count). The molecule has 1 N–H and O–H groups in total. The Kier molecular flexibility index (Phi) is 4.61. The number of amides is 1. The van der Waals surface area contributed by atoms with E-state index < -0.39 is 0 Å². The van der Waals surface area contributed by atoms with E-state index in [1.807, 2.05) is 0 Å². The lowest BCUT2D eigenvalue weighted by Crippen LogP contribution is -2.39. The maximum absolute atomic E-state index is 12.3. The highest BCUT2D eigenvalue weighted by Crippen LogP contribution is 2.27. The molecule has 0 bridgehead atoms. The Morgan fingerprint density at radius 2 is 1.95 bits per heavy atom. The van der Waals surface area contributed by atoms with Gasteiger partial charge in [-0.1, -0.05) is 12.1 Å². The number of benzene rings is 1. The zero-order chi connectivity index (χ0) is 14.5. The van der Waals surface area contributed by atoms with Crippen LogP contribution in [0.5, 0.6) is 5.75 Å². The second-order valence-electron chi connectivity index (χ2n) is 4.90. The van der Waals surface area contributed by atoms with Crippen LogP contribution in [0.2, 0.25) is 0 Å². The molecule has 1 aliphatic rings. The Bertz CT molecular complexity index is 479. The van der Waals surface area contributed by atoms with Crippen molar-refractivity contribution in [1.29, 1.82) is 0 Å². The van der Waals surface area contributed by atoms with Crippen LogP contribution >= 0.6 is 0 Å². The molecule has 1 aromatic carbocycles. The number of phenols is 1. The van der Waals surface area contributed by atoms with Crippen molar-refractivity contribution in [3.63, 3.8) is 0 Å². The molecule has 0 saturated heterocycles. The Morgan fingerprint density at radius 3 is 2.50 bits per heavy atom. The summed E-state index contributed by atoms with van der Waals surface area (Å²) in [6.45, 7) is 2.09. The maximum atomic E-state index is 12.3. The minimum atomic E-state index is -0.363. The van der Waals surface area contributed by atoms with Crippen LogP contribution in [0.1, 0.15) is 25.3 Å². The molecule has 1 aromatic rings. The van der Waals surface area contributed by atoms with Crippen molar-refractivity contribution in [2.75, 3.05) is 13.2 Å². The predicted molar refractivity (Wildman–Crippen MR) is 73.2 cm³/mol. The monoisotopic (exact) mass is 277 g/mol. The van der Waals surface area contributed by atoms with Gasteiger partial charge in [0.25, 0.3) is 0 Å². The first-order valence-corrected chi connectivity index (χ1v) is 6.83. The van der Waals surface area contributed by atoms with Gasteiger partial charge in [0.05, 0.1) is 13.0 Å². The molecule has 0 aromatic heterocycles. The maximum Gasteiger partial charge on any atom is 0.325 e. The number of aromatic hydroxyl groups is 1. The number of nitrogens with zero attached hydrogens (tertiary/aromatic N) is 1. The van der Waals surface area contributed by atoms with Crippen LogP contribution in [0.15, 0.2) is 24.3 Å². The fourth-order valence-corrected chi connectivity index (χ4v) is 2.04. The highest BCUT2D eigenvalue weighted by molar-refractivity contribution is 5.84. The summed E-state index contributed by atoms with van der Waals surface area (Å²) in [6, 6.07) is 6.69. The zero-order valence-corrected chi connectivity index (χ0v) is 11.5. The number of hydrogen-bond acceptors (Lipinski definition) is 4. The zero-order valence-electron chi connectivity index (χ0n) is 11.5. The lowest BCUT2D eigenvalue weighted by Gasteiger charge is -2.21. The van der Waals surface area contributed by atoms with Gasteiger partial charge in [-0.2, -0.15) is 0 Å². The summed E-state index contributed by atoms with van der Waals surface area (Å²) in [5.74, 6) is -0.267. The van der Waals surface area contributed by atoms with Gasteiger partial charge in [0.2, 0.25) is 5.91 Å². The fourth-order valence-electron chi connectivity index (χ4n) is 2.04. The van der Waals surface area contributed by atoms with Gasteiger partial charge in [0.15, 0.2) is 0 Å². The molecule has 5 nitrogen and oxygen atoms in total. The number of rotatable bonds is 6. The summed E-state index contributed by atoms with van der Waals surface area (Å²) >= 11 is 0. The third-order valence-electron chi connectivity index (χ3n) is 3.20. The van der Waals surface area contributed by atoms with Gasteiger partial charge in [-0.15, -0.1) is 0 Å². The van der Waals surface area contributed by atoms with E-state index in [-0.39, 0.29) is 36.6 Å². The smallest absolute Gasteiger partial charge is 0.325 e. The number of ether oxygens (including phenoxy) is 1. The molecule has 1 saturated carbocycles. The van der Waals surface area contributed by atoms with Crippen LogP contribution < -0.4 is 0 Å². The average molecular weight is 277 g/mol. The molecule has 1 fully saturated rings. The second kappa shape index (κ2) is 6.41. The van der Waals surface area contributed by atoms with Crippen molar-refractivity contribution in [1.82, 2.24) is 4.90 Å². The molecule has 0 atom stereocenters. The first-order chi connectivity index (χ1) is 9.60. The van der Waals surface area contributed by atoms with E-state index in [0.29, 0.717) is 6.61 Å². The van der Waals surface area contributed by atoms with Gasteiger partial charge >= 0.3 is 5.97 Å². The Labute approximate surface area is 118 Å². The topological polar surface area (TPSA) is 66.8 Å².